The van der Waals surface area contributed by atoms with Crippen LogP contribution in [0.3, 0.4) is 0 Å². The van der Waals surface area contributed by atoms with Crippen molar-refractivity contribution >= 4 is 15.7 Å². The van der Waals surface area contributed by atoms with Gasteiger partial charge in [-0.15, -0.1) is 0 Å². The Kier molecular flexibility index (Phi) is 5.54. The highest BCUT2D eigenvalue weighted by molar-refractivity contribution is 7.89. The number of hydrogen-bond acceptors (Lipinski definition) is 5. The fourth-order valence-electron chi connectivity index (χ4n) is 1.42. The summed E-state index contributed by atoms with van der Waals surface area (Å²) in [6, 6.07) is 4.30. The third-order valence-electron chi connectivity index (χ3n) is 2.43. The predicted octanol–water partition coefficient (Wildman–Crippen LogP) is 1.71. The topological polar surface area (TPSA) is 113 Å². The van der Waals surface area contributed by atoms with Crippen molar-refractivity contribution in [1.82, 2.24) is 4.72 Å². The Labute approximate surface area is 115 Å². The van der Waals surface area contributed by atoms with Gasteiger partial charge in [0.2, 0.25) is 15.8 Å². The molecular formula is C11H12FN3O4S. The van der Waals surface area contributed by atoms with E-state index in [4.69, 9.17) is 5.26 Å². The van der Waals surface area contributed by atoms with Crippen molar-refractivity contribution in [3.63, 3.8) is 0 Å². The minimum atomic E-state index is -3.92. The normalized spacial score (nSPS) is 11.0. The standard InChI is InChI=1S/C11H12FN3O4S/c12-10-5-4-9(8-11(10)15(16)17)20(18,19)14-7-3-1-2-6-13/h4-5,8,14H,1-3,7H2. The Hall–Kier alpha value is -2.05. The number of nitro benzene ring substituents is 1. The van der Waals surface area contributed by atoms with Crippen LogP contribution in [0.1, 0.15) is 19.3 Å². The lowest BCUT2D eigenvalue weighted by Crippen LogP contribution is -2.24. The van der Waals surface area contributed by atoms with E-state index in [1.54, 1.807) is 0 Å². The van der Waals surface area contributed by atoms with E-state index in [1.165, 1.54) is 0 Å². The summed E-state index contributed by atoms with van der Waals surface area (Å²) in [5.74, 6) is -1.09. The molecule has 0 fully saturated rings. The van der Waals surface area contributed by atoms with E-state index < -0.39 is 26.5 Å². The van der Waals surface area contributed by atoms with Gasteiger partial charge in [-0.1, -0.05) is 0 Å². The molecule has 0 amide bonds. The van der Waals surface area contributed by atoms with Gasteiger partial charge in [0.25, 0.3) is 0 Å². The Morgan fingerprint density at radius 2 is 2.10 bits per heavy atom. The molecular weight excluding hydrogens is 289 g/mol. The van der Waals surface area contributed by atoms with Crippen molar-refractivity contribution in [2.24, 2.45) is 0 Å². The van der Waals surface area contributed by atoms with Crippen LogP contribution in [0.2, 0.25) is 0 Å². The molecule has 0 aliphatic carbocycles. The first-order valence-electron chi connectivity index (χ1n) is 5.69. The number of sulfonamides is 1. The van der Waals surface area contributed by atoms with Gasteiger partial charge in [0, 0.05) is 19.0 Å². The Morgan fingerprint density at radius 3 is 2.70 bits per heavy atom. The van der Waals surface area contributed by atoms with Crippen LogP contribution < -0.4 is 4.72 Å². The number of unbranched alkanes of at least 4 members (excludes halogenated alkanes) is 2. The fourth-order valence-corrected chi connectivity index (χ4v) is 2.51. The second kappa shape index (κ2) is 6.93. The van der Waals surface area contributed by atoms with Gasteiger partial charge in [0.05, 0.1) is 15.9 Å². The van der Waals surface area contributed by atoms with Gasteiger partial charge < -0.3 is 0 Å². The molecule has 20 heavy (non-hydrogen) atoms. The predicted molar refractivity (Wildman–Crippen MR) is 67.7 cm³/mol. The minimum Gasteiger partial charge on any atom is -0.258 e. The Balaban J connectivity index is 2.80. The highest BCUT2D eigenvalue weighted by Crippen LogP contribution is 2.21. The van der Waals surface area contributed by atoms with E-state index in [-0.39, 0.29) is 11.4 Å². The van der Waals surface area contributed by atoms with E-state index in [1.807, 2.05) is 6.07 Å². The zero-order valence-corrected chi connectivity index (χ0v) is 11.2. The van der Waals surface area contributed by atoms with Crippen LogP contribution in [-0.2, 0) is 10.0 Å². The van der Waals surface area contributed by atoms with Crippen molar-refractivity contribution < 1.29 is 17.7 Å². The lowest BCUT2D eigenvalue weighted by atomic mass is 10.2. The summed E-state index contributed by atoms with van der Waals surface area (Å²) in [4.78, 5) is 9.20. The maximum Gasteiger partial charge on any atom is 0.306 e. The van der Waals surface area contributed by atoms with E-state index in [2.05, 4.69) is 4.72 Å². The number of nitro groups is 1. The first kappa shape index (κ1) is 16.0. The molecule has 108 valence electrons. The number of hydrogen-bond donors (Lipinski definition) is 1. The van der Waals surface area contributed by atoms with E-state index >= 15 is 0 Å². The molecule has 0 atom stereocenters. The van der Waals surface area contributed by atoms with Crippen LogP contribution in [0.25, 0.3) is 0 Å². The number of nitrogens with zero attached hydrogens (tertiary/aromatic N) is 2. The van der Waals surface area contributed by atoms with E-state index in [9.17, 15) is 22.9 Å². The highest BCUT2D eigenvalue weighted by atomic mass is 32.2. The van der Waals surface area contributed by atoms with Crippen LogP contribution in [0.4, 0.5) is 10.1 Å². The summed E-state index contributed by atoms with van der Waals surface area (Å²) >= 11 is 0. The molecule has 0 aliphatic heterocycles. The van der Waals surface area contributed by atoms with Crippen LogP contribution in [0.5, 0.6) is 0 Å². The van der Waals surface area contributed by atoms with Crippen molar-refractivity contribution in [1.29, 1.82) is 5.26 Å². The zero-order chi connectivity index (χ0) is 15.2. The van der Waals surface area contributed by atoms with Crippen LogP contribution in [-0.4, -0.2) is 19.9 Å². The summed E-state index contributed by atoms with van der Waals surface area (Å²) in [7, 11) is -3.92. The molecule has 9 heteroatoms. The molecule has 1 N–H and O–H groups in total. The first-order chi connectivity index (χ1) is 9.38. The summed E-state index contributed by atoms with van der Waals surface area (Å²) < 4.78 is 39.0. The average Bonchev–Trinajstić information content (AvgIpc) is 2.38. The number of nitrogens with one attached hydrogen (secondary N) is 1. The third-order valence-corrected chi connectivity index (χ3v) is 3.89. The second-order valence-electron chi connectivity index (χ2n) is 3.88. The molecule has 0 radical (unpaired) electrons. The Morgan fingerprint density at radius 1 is 1.40 bits per heavy atom. The molecule has 0 heterocycles. The number of benzene rings is 1. The molecule has 1 aromatic rings. The summed E-state index contributed by atoms with van der Waals surface area (Å²) in [6.45, 7) is 0.106. The van der Waals surface area contributed by atoms with Gasteiger partial charge >= 0.3 is 5.69 Å². The Bertz CT molecular complexity index is 640. The highest BCUT2D eigenvalue weighted by Gasteiger charge is 2.20. The van der Waals surface area contributed by atoms with Gasteiger partial charge in [-0.3, -0.25) is 10.1 Å². The van der Waals surface area contributed by atoms with Crippen molar-refractivity contribution in [3.05, 3.63) is 34.1 Å². The summed E-state index contributed by atoms with van der Waals surface area (Å²) in [6.07, 6.45) is 1.34. The molecule has 7 nitrogen and oxygen atoms in total. The smallest absolute Gasteiger partial charge is 0.258 e. The molecule has 0 unspecified atom stereocenters. The molecule has 0 spiro atoms. The zero-order valence-electron chi connectivity index (χ0n) is 10.4. The molecule has 1 aromatic carbocycles. The second-order valence-corrected chi connectivity index (χ2v) is 5.65. The first-order valence-corrected chi connectivity index (χ1v) is 7.17. The SMILES string of the molecule is N#CCCCCNS(=O)(=O)c1ccc(F)c([N+](=O)[O-])c1. The lowest BCUT2D eigenvalue weighted by Gasteiger charge is -2.06. The number of nitriles is 1. The summed E-state index contributed by atoms with van der Waals surface area (Å²) in [5.41, 5.74) is -0.891. The fraction of sp³-hybridized carbons (Fsp3) is 0.364. The number of halogens is 1. The number of rotatable bonds is 7. The molecule has 0 aliphatic rings. The molecule has 0 bridgehead atoms. The summed E-state index contributed by atoms with van der Waals surface area (Å²) in [5, 5.41) is 18.9. The van der Waals surface area contributed by atoms with Gasteiger partial charge in [-0.25, -0.2) is 13.1 Å². The van der Waals surface area contributed by atoms with Crippen molar-refractivity contribution in [3.8, 4) is 6.07 Å². The van der Waals surface area contributed by atoms with Crippen LogP contribution >= 0.6 is 0 Å². The van der Waals surface area contributed by atoms with Gasteiger partial charge in [0.1, 0.15) is 0 Å². The maximum absolute atomic E-state index is 13.1. The third kappa shape index (κ3) is 4.25. The molecule has 0 aromatic heterocycles. The molecule has 0 saturated carbocycles. The van der Waals surface area contributed by atoms with Crippen molar-refractivity contribution in [2.45, 2.75) is 24.2 Å². The monoisotopic (exact) mass is 301 g/mol. The van der Waals surface area contributed by atoms with Gasteiger partial charge in [0.15, 0.2) is 0 Å². The lowest BCUT2D eigenvalue weighted by molar-refractivity contribution is -0.387. The largest absolute Gasteiger partial charge is 0.306 e. The quantitative estimate of drug-likeness (QED) is 0.468. The van der Waals surface area contributed by atoms with Crippen LogP contribution in [0.15, 0.2) is 23.1 Å². The van der Waals surface area contributed by atoms with E-state index in [0.717, 1.165) is 12.1 Å². The van der Waals surface area contributed by atoms with Gasteiger partial charge in [-0.2, -0.15) is 9.65 Å². The van der Waals surface area contributed by atoms with Crippen LogP contribution in [0, 0.1) is 27.3 Å². The van der Waals surface area contributed by atoms with Crippen molar-refractivity contribution in [2.75, 3.05) is 6.54 Å². The minimum absolute atomic E-state index is 0.106. The van der Waals surface area contributed by atoms with Gasteiger partial charge in [-0.05, 0) is 25.0 Å². The average molecular weight is 301 g/mol. The molecule has 0 saturated heterocycles. The molecule has 1 rings (SSSR count). The maximum atomic E-state index is 13.1. The van der Waals surface area contributed by atoms with E-state index in [0.29, 0.717) is 25.3 Å².